The summed E-state index contributed by atoms with van der Waals surface area (Å²) < 4.78 is 31.8. The number of ether oxygens (including phenoxy) is 1. The van der Waals surface area contributed by atoms with E-state index in [1.165, 1.54) is 12.1 Å². The molecule has 0 fully saturated rings. The largest absolute Gasteiger partial charge is 0.489 e. The molecule has 0 aromatic heterocycles. The smallest absolute Gasteiger partial charge is 0.132 e. The van der Waals surface area contributed by atoms with Crippen LogP contribution in [0.2, 0.25) is 0 Å². The third kappa shape index (κ3) is 3.12. The maximum atomic E-state index is 13.5. The first-order valence-corrected chi connectivity index (χ1v) is 5.99. The zero-order chi connectivity index (χ0) is 14.7. The van der Waals surface area contributed by atoms with Gasteiger partial charge in [0, 0.05) is 17.2 Å². The Morgan fingerprint density at radius 1 is 1.20 bits per heavy atom. The van der Waals surface area contributed by atoms with E-state index in [0.717, 1.165) is 11.6 Å². The molecule has 0 saturated carbocycles. The number of amidine groups is 1. The molecule has 20 heavy (non-hydrogen) atoms. The highest BCUT2D eigenvalue weighted by Gasteiger charge is 2.07. The summed E-state index contributed by atoms with van der Waals surface area (Å²) in [7, 11) is 0. The van der Waals surface area contributed by atoms with Crippen molar-refractivity contribution >= 4 is 5.84 Å². The second-order valence-electron chi connectivity index (χ2n) is 4.42. The van der Waals surface area contributed by atoms with Gasteiger partial charge in [0.2, 0.25) is 0 Å². The molecule has 104 valence electrons. The molecule has 0 aliphatic heterocycles. The Morgan fingerprint density at radius 3 is 2.60 bits per heavy atom. The number of nitrogens with two attached hydrogens (primary N) is 1. The lowest BCUT2D eigenvalue weighted by atomic mass is 10.1. The molecule has 3 N–H and O–H groups in total. The van der Waals surface area contributed by atoms with Crippen LogP contribution in [0.3, 0.4) is 0 Å². The molecule has 2 aromatic carbocycles. The van der Waals surface area contributed by atoms with Gasteiger partial charge in [0.1, 0.15) is 29.8 Å². The monoisotopic (exact) mass is 276 g/mol. The number of hydrogen-bond donors (Lipinski definition) is 2. The Kier molecular flexibility index (Phi) is 3.98. The molecule has 3 nitrogen and oxygen atoms in total. The van der Waals surface area contributed by atoms with Crippen LogP contribution in [-0.2, 0) is 6.61 Å². The zero-order valence-corrected chi connectivity index (χ0v) is 10.9. The lowest BCUT2D eigenvalue weighted by Crippen LogP contribution is -2.11. The summed E-state index contributed by atoms with van der Waals surface area (Å²) in [5.74, 6) is -0.823. The molecule has 0 saturated heterocycles. The SMILES string of the molecule is Cc1ccc(C(=N)N)cc1OCc1ccc(F)cc1F. The van der Waals surface area contributed by atoms with Crippen molar-refractivity contribution in [3.05, 3.63) is 64.7 Å². The summed E-state index contributed by atoms with van der Waals surface area (Å²) in [6.07, 6.45) is 0. The second kappa shape index (κ2) is 5.69. The average molecular weight is 276 g/mol. The van der Waals surface area contributed by atoms with E-state index >= 15 is 0 Å². The minimum Gasteiger partial charge on any atom is -0.489 e. The van der Waals surface area contributed by atoms with Gasteiger partial charge in [-0.1, -0.05) is 12.1 Å². The van der Waals surface area contributed by atoms with Crippen LogP contribution < -0.4 is 10.5 Å². The zero-order valence-electron chi connectivity index (χ0n) is 10.9. The number of benzene rings is 2. The van der Waals surface area contributed by atoms with Crippen LogP contribution in [0.15, 0.2) is 36.4 Å². The standard InChI is InChI=1S/C15H14F2N2O/c1-9-2-3-10(15(18)19)6-14(9)20-8-11-4-5-12(16)7-13(11)17/h2-7H,8H2,1H3,(H3,18,19). The first-order valence-electron chi connectivity index (χ1n) is 5.99. The Bertz CT molecular complexity index is 656. The fourth-order valence-electron chi connectivity index (χ4n) is 1.72. The van der Waals surface area contributed by atoms with Gasteiger partial charge in [0.25, 0.3) is 0 Å². The second-order valence-corrected chi connectivity index (χ2v) is 4.42. The van der Waals surface area contributed by atoms with Crippen molar-refractivity contribution in [2.24, 2.45) is 5.73 Å². The summed E-state index contributed by atoms with van der Waals surface area (Å²) in [4.78, 5) is 0. The van der Waals surface area contributed by atoms with E-state index in [-0.39, 0.29) is 18.0 Å². The van der Waals surface area contributed by atoms with Crippen LogP contribution >= 0.6 is 0 Å². The molecule has 0 amide bonds. The quantitative estimate of drug-likeness (QED) is 0.665. The lowest BCUT2D eigenvalue weighted by molar-refractivity contribution is 0.297. The van der Waals surface area contributed by atoms with E-state index in [1.807, 2.05) is 6.92 Å². The number of hydrogen-bond acceptors (Lipinski definition) is 2. The van der Waals surface area contributed by atoms with Crippen molar-refractivity contribution in [3.8, 4) is 5.75 Å². The van der Waals surface area contributed by atoms with Crippen molar-refractivity contribution in [1.82, 2.24) is 0 Å². The van der Waals surface area contributed by atoms with Crippen molar-refractivity contribution in [2.75, 3.05) is 0 Å². The van der Waals surface area contributed by atoms with Gasteiger partial charge in [0.05, 0.1) is 0 Å². The summed E-state index contributed by atoms with van der Waals surface area (Å²) in [6.45, 7) is 1.81. The molecular weight excluding hydrogens is 262 g/mol. The van der Waals surface area contributed by atoms with Gasteiger partial charge < -0.3 is 10.5 Å². The fraction of sp³-hybridized carbons (Fsp3) is 0.133. The van der Waals surface area contributed by atoms with Crippen molar-refractivity contribution in [3.63, 3.8) is 0 Å². The molecule has 5 heteroatoms. The van der Waals surface area contributed by atoms with Gasteiger partial charge in [-0.25, -0.2) is 8.78 Å². The first-order chi connectivity index (χ1) is 9.47. The van der Waals surface area contributed by atoms with Crippen LogP contribution in [0.4, 0.5) is 8.78 Å². The highest BCUT2D eigenvalue weighted by Crippen LogP contribution is 2.21. The third-order valence-corrected chi connectivity index (χ3v) is 2.90. The van der Waals surface area contributed by atoms with Crippen LogP contribution in [-0.4, -0.2) is 5.84 Å². The topological polar surface area (TPSA) is 59.1 Å². The van der Waals surface area contributed by atoms with Gasteiger partial charge in [-0.3, -0.25) is 5.41 Å². The number of nitrogen functional groups attached to an aromatic ring is 1. The molecule has 2 aromatic rings. The molecule has 0 unspecified atom stereocenters. The summed E-state index contributed by atoms with van der Waals surface area (Å²) in [5.41, 5.74) is 7.05. The molecule has 0 atom stereocenters. The van der Waals surface area contributed by atoms with E-state index in [2.05, 4.69) is 0 Å². The molecule has 0 aliphatic rings. The number of aryl methyl sites for hydroxylation is 1. The molecular formula is C15H14F2N2O. The Balaban J connectivity index is 2.18. The fourth-order valence-corrected chi connectivity index (χ4v) is 1.72. The summed E-state index contributed by atoms with van der Waals surface area (Å²) >= 11 is 0. The number of nitrogens with one attached hydrogen (secondary N) is 1. The Morgan fingerprint density at radius 2 is 1.95 bits per heavy atom. The highest BCUT2D eigenvalue weighted by molar-refractivity contribution is 5.95. The van der Waals surface area contributed by atoms with Crippen molar-refractivity contribution in [1.29, 1.82) is 5.41 Å². The summed E-state index contributed by atoms with van der Waals surface area (Å²) in [6, 6.07) is 8.45. The van der Waals surface area contributed by atoms with E-state index in [9.17, 15) is 8.78 Å². The van der Waals surface area contributed by atoms with Gasteiger partial charge in [0.15, 0.2) is 0 Å². The average Bonchev–Trinajstić information content (AvgIpc) is 2.39. The van der Waals surface area contributed by atoms with E-state index in [1.54, 1.807) is 18.2 Å². The molecule has 0 heterocycles. The normalized spacial score (nSPS) is 10.3. The number of rotatable bonds is 4. The van der Waals surface area contributed by atoms with Crippen LogP contribution in [0, 0.1) is 24.0 Å². The van der Waals surface area contributed by atoms with Gasteiger partial charge in [-0.05, 0) is 30.7 Å². The third-order valence-electron chi connectivity index (χ3n) is 2.90. The maximum Gasteiger partial charge on any atom is 0.132 e. The Hall–Kier alpha value is -2.43. The van der Waals surface area contributed by atoms with Gasteiger partial charge in [-0.15, -0.1) is 0 Å². The maximum absolute atomic E-state index is 13.5. The minimum atomic E-state index is -0.648. The summed E-state index contributed by atoms with van der Waals surface area (Å²) in [5, 5.41) is 7.38. The van der Waals surface area contributed by atoms with E-state index < -0.39 is 11.6 Å². The first kappa shape index (κ1) is 14.0. The minimum absolute atomic E-state index is 0.0195. The molecule has 0 aliphatic carbocycles. The van der Waals surface area contributed by atoms with E-state index in [0.29, 0.717) is 11.3 Å². The molecule has 0 radical (unpaired) electrons. The van der Waals surface area contributed by atoms with Gasteiger partial charge in [-0.2, -0.15) is 0 Å². The van der Waals surface area contributed by atoms with E-state index in [4.69, 9.17) is 15.9 Å². The van der Waals surface area contributed by atoms with Crippen LogP contribution in [0.5, 0.6) is 5.75 Å². The Labute approximate surface area is 115 Å². The van der Waals surface area contributed by atoms with Crippen molar-refractivity contribution in [2.45, 2.75) is 13.5 Å². The number of halogens is 2. The molecule has 2 rings (SSSR count). The predicted molar refractivity (Wildman–Crippen MR) is 72.9 cm³/mol. The van der Waals surface area contributed by atoms with Crippen molar-refractivity contribution < 1.29 is 13.5 Å². The van der Waals surface area contributed by atoms with Crippen LogP contribution in [0.25, 0.3) is 0 Å². The molecule has 0 bridgehead atoms. The highest BCUT2D eigenvalue weighted by atomic mass is 19.1. The lowest BCUT2D eigenvalue weighted by Gasteiger charge is -2.11. The van der Waals surface area contributed by atoms with Crippen LogP contribution in [0.1, 0.15) is 16.7 Å². The predicted octanol–water partition coefficient (Wildman–Crippen LogP) is 3.14. The van der Waals surface area contributed by atoms with Gasteiger partial charge >= 0.3 is 0 Å². The molecule has 0 spiro atoms.